The predicted molar refractivity (Wildman–Crippen MR) is 72.3 cm³/mol. The lowest BCUT2D eigenvalue weighted by Crippen LogP contribution is -2.26. The molecule has 0 aromatic carbocycles. The van der Waals surface area contributed by atoms with Gasteiger partial charge in [0.15, 0.2) is 5.78 Å². The predicted octanol–water partition coefficient (Wildman–Crippen LogP) is 2.09. The minimum atomic E-state index is -0.430. The molecule has 4 heteroatoms. The first-order valence-corrected chi connectivity index (χ1v) is 6.35. The Labute approximate surface area is 110 Å². The molecule has 0 aromatic rings. The average Bonchev–Trinajstić information content (AvgIpc) is 2.19. The molecule has 0 fully saturated rings. The van der Waals surface area contributed by atoms with Gasteiger partial charge < -0.3 is 10.1 Å². The van der Waals surface area contributed by atoms with Crippen LogP contribution in [0.25, 0.3) is 0 Å². The largest absolute Gasteiger partial charge is 0.460 e. The summed E-state index contributed by atoms with van der Waals surface area (Å²) in [6.07, 6.45) is 3.69. The van der Waals surface area contributed by atoms with Gasteiger partial charge >= 0.3 is 5.97 Å². The van der Waals surface area contributed by atoms with Gasteiger partial charge in [-0.2, -0.15) is 0 Å². The number of ether oxygens (including phenoxy) is 1. The molecule has 0 aliphatic carbocycles. The molecule has 0 aliphatic heterocycles. The summed E-state index contributed by atoms with van der Waals surface area (Å²) in [4.78, 5) is 22.6. The van der Waals surface area contributed by atoms with E-state index in [1.54, 1.807) is 12.2 Å². The van der Waals surface area contributed by atoms with Crippen molar-refractivity contribution < 1.29 is 14.3 Å². The minimum Gasteiger partial charge on any atom is -0.460 e. The molecule has 104 valence electrons. The summed E-state index contributed by atoms with van der Waals surface area (Å²) >= 11 is 0. The van der Waals surface area contributed by atoms with Crippen LogP contribution in [-0.2, 0) is 14.3 Å². The molecule has 0 bridgehead atoms. The van der Waals surface area contributed by atoms with Gasteiger partial charge in [0.2, 0.25) is 0 Å². The highest BCUT2D eigenvalue weighted by Gasteiger charge is 2.15. The minimum absolute atomic E-state index is 0.0306. The third-order valence-electron chi connectivity index (χ3n) is 2.04. The van der Waals surface area contributed by atoms with Crippen molar-refractivity contribution in [3.63, 3.8) is 0 Å². The summed E-state index contributed by atoms with van der Waals surface area (Å²) in [7, 11) is 0. The topological polar surface area (TPSA) is 55.4 Å². The Bertz CT molecular complexity index is 301. The Hall–Kier alpha value is -1.16. The molecule has 0 amide bonds. The number of ketones is 1. The van der Waals surface area contributed by atoms with Crippen LogP contribution in [0.3, 0.4) is 0 Å². The molecule has 0 aromatic heterocycles. The zero-order chi connectivity index (χ0) is 14.2. The summed E-state index contributed by atoms with van der Waals surface area (Å²) in [6, 6.07) is 0. The van der Waals surface area contributed by atoms with Crippen LogP contribution in [0.1, 0.15) is 41.0 Å². The van der Waals surface area contributed by atoms with Crippen LogP contribution in [0.4, 0.5) is 0 Å². The molecule has 0 unspecified atom stereocenters. The van der Waals surface area contributed by atoms with E-state index in [4.69, 9.17) is 4.74 Å². The fraction of sp³-hybridized carbons (Fsp3) is 0.714. The number of hydrogen-bond donors (Lipinski definition) is 1. The van der Waals surface area contributed by atoms with E-state index in [-0.39, 0.29) is 17.7 Å². The molecule has 4 nitrogen and oxygen atoms in total. The van der Waals surface area contributed by atoms with Crippen molar-refractivity contribution >= 4 is 11.8 Å². The van der Waals surface area contributed by atoms with Gasteiger partial charge in [0.05, 0.1) is 6.42 Å². The van der Waals surface area contributed by atoms with E-state index < -0.39 is 5.60 Å². The summed E-state index contributed by atoms with van der Waals surface area (Å²) < 4.78 is 5.16. The van der Waals surface area contributed by atoms with E-state index in [2.05, 4.69) is 5.32 Å². The fourth-order valence-electron chi connectivity index (χ4n) is 1.14. The van der Waals surface area contributed by atoms with E-state index in [1.807, 2.05) is 34.6 Å². The van der Waals surface area contributed by atoms with Gasteiger partial charge in [-0.05, 0) is 26.8 Å². The third kappa shape index (κ3) is 10.0. The van der Waals surface area contributed by atoms with Crippen LogP contribution in [0.15, 0.2) is 12.2 Å². The van der Waals surface area contributed by atoms with Gasteiger partial charge in [-0.1, -0.05) is 19.9 Å². The highest BCUT2D eigenvalue weighted by atomic mass is 16.6. The van der Waals surface area contributed by atoms with Crippen LogP contribution in [0.2, 0.25) is 0 Å². The number of nitrogens with one attached hydrogen (secondary N) is 1. The van der Waals surface area contributed by atoms with Gasteiger partial charge in [-0.3, -0.25) is 9.59 Å². The quantitative estimate of drug-likeness (QED) is 0.430. The van der Waals surface area contributed by atoms with Gasteiger partial charge in [0.1, 0.15) is 5.60 Å². The number of hydrogen-bond acceptors (Lipinski definition) is 4. The highest BCUT2D eigenvalue weighted by Crippen LogP contribution is 2.07. The van der Waals surface area contributed by atoms with Crippen LogP contribution in [0.5, 0.6) is 0 Å². The average molecular weight is 255 g/mol. The summed E-state index contributed by atoms with van der Waals surface area (Å²) in [5.41, 5.74) is -0.430. The van der Waals surface area contributed by atoms with Crippen LogP contribution >= 0.6 is 0 Å². The molecule has 1 N–H and O–H groups in total. The van der Waals surface area contributed by atoms with Crippen LogP contribution in [0, 0.1) is 5.92 Å². The van der Waals surface area contributed by atoms with E-state index in [0.29, 0.717) is 19.5 Å². The van der Waals surface area contributed by atoms with Crippen LogP contribution in [-0.4, -0.2) is 30.4 Å². The molecule has 0 rings (SSSR count). The first-order valence-electron chi connectivity index (χ1n) is 6.35. The monoisotopic (exact) mass is 255 g/mol. The Morgan fingerprint density at radius 2 is 1.89 bits per heavy atom. The van der Waals surface area contributed by atoms with Gasteiger partial charge in [-0.25, -0.2) is 0 Å². The lowest BCUT2D eigenvalue weighted by molar-refractivity contribution is -0.154. The Kier molecular flexibility index (Phi) is 7.51. The fourth-order valence-corrected chi connectivity index (χ4v) is 1.14. The zero-order valence-corrected chi connectivity index (χ0v) is 12.1. The maximum absolute atomic E-state index is 11.4. The van der Waals surface area contributed by atoms with Gasteiger partial charge in [0.25, 0.3) is 0 Å². The Morgan fingerprint density at radius 1 is 1.28 bits per heavy atom. The van der Waals surface area contributed by atoms with Gasteiger partial charge in [0, 0.05) is 19.0 Å². The van der Waals surface area contributed by atoms with Gasteiger partial charge in [-0.15, -0.1) is 0 Å². The molecule has 0 aliphatic rings. The maximum atomic E-state index is 11.4. The lowest BCUT2D eigenvalue weighted by Gasteiger charge is -2.19. The van der Waals surface area contributed by atoms with Crippen molar-refractivity contribution in [2.24, 2.45) is 5.92 Å². The Balaban J connectivity index is 3.63. The SMILES string of the molecule is CC(C)C(=O)/C=C/CNCCC(=O)OC(C)(C)C. The molecule has 0 heterocycles. The number of carbonyl (C=O) groups is 2. The Morgan fingerprint density at radius 3 is 2.39 bits per heavy atom. The lowest BCUT2D eigenvalue weighted by atomic mass is 10.1. The summed E-state index contributed by atoms with van der Waals surface area (Å²) in [5.74, 6) is -0.0656. The molecule has 0 saturated heterocycles. The molecular weight excluding hydrogens is 230 g/mol. The summed E-state index contributed by atoms with van der Waals surface area (Å²) in [5, 5.41) is 3.06. The smallest absolute Gasteiger partial charge is 0.307 e. The highest BCUT2D eigenvalue weighted by molar-refractivity contribution is 5.91. The first-order chi connectivity index (χ1) is 8.22. The molecule has 0 atom stereocenters. The van der Waals surface area contributed by atoms with Crippen molar-refractivity contribution in [2.75, 3.05) is 13.1 Å². The molecular formula is C14H25NO3. The number of allylic oxidation sites excluding steroid dienone is 1. The number of esters is 1. The second kappa shape index (κ2) is 8.03. The van der Waals surface area contributed by atoms with E-state index in [1.165, 1.54) is 0 Å². The summed E-state index contributed by atoms with van der Waals surface area (Å²) in [6.45, 7) is 10.4. The maximum Gasteiger partial charge on any atom is 0.307 e. The standard InChI is InChI=1S/C14H25NO3/c1-11(2)12(16)7-6-9-15-10-8-13(17)18-14(3,4)5/h6-7,11,15H,8-10H2,1-5H3/b7-6+. The van der Waals surface area contributed by atoms with Crippen LogP contribution < -0.4 is 5.32 Å². The second-order valence-corrected chi connectivity index (χ2v) is 5.50. The zero-order valence-electron chi connectivity index (χ0n) is 12.1. The molecule has 0 saturated carbocycles. The number of carbonyl (C=O) groups excluding carboxylic acids is 2. The second-order valence-electron chi connectivity index (χ2n) is 5.50. The van der Waals surface area contributed by atoms with Crippen molar-refractivity contribution in [3.05, 3.63) is 12.2 Å². The first kappa shape index (κ1) is 16.8. The number of rotatable bonds is 7. The van der Waals surface area contributed by atoms with E-state index >= 15 is 0 Å². The third-order valence-corrected chi connectivity index (χ3v) is 2.04. The van der Waals surface area contributed by atoms with Crippen molar-refractivity contribution in [1.29, 1.82) is 0 Å². The van der Waals surface area contributed by atoms with Crippen molar-refractivity contribution in [2.45, 2.75) is 46.6 Å². The van der Waals surface area contributed by atoms with Crippen molar-refractivity contribution in [3.8, 4) is 0 Å². The van der Waals surface area contributed by atoms with E-state index in [9.17, 15) is 9.59 Å². The molecule has 18 heavy (non-hydrogen) atoms. The molecule has 0 radical (unpaired) electrons. The van der Waals surface area contributed by atoms with E-state index in [0.717, 1.165) is 0 Å². The normalized spacial score (nSPS) is 12.1. The van der Waals surface area contributed by atoms with Crippen molar-refractivity contribution in [1.82, 2.24) is 5.32 Å². The molecule has 0 spiro atoms.